The number of carbonyl (C=O) groups is 1. The Kier molecular flexibility index (Phi) is 10.8. The Morgan fingerprint density at radius 2 is 1.32 bits per heavy atom. The van der Waals surface area contributed by atoms with Crippen LogP contribution < -0.4 is 0 Å². The quantitative estimate of drug-likeness (QED) is 0.499. The molecule has 114 valence electrons. The fourth-order valence-electron chi connectivity index (χ4n) is 2.73. The monoisotopic (exact) mass is 379 g/mol. The van der Waals surface area contributed by atoms with Crippen molar-refractivity contribution in [3.8, 4) is 0 Å². The third-order valence-corrected chi connectivity index (χ3v) is 19.7. The Bertz CT molecular complexity index is 225. The molecule has 0 aliphatic rings. The average molecular weight is 378 g/mol. The SMILES string of the molecule is CCC[CH2][Sn]([CH2]CCC)([CH2]CCC)[N](C)C(=O)OC. The van der Waals surface area contributed by atoms with E-state index < -0.39 is 18.7 Å². The van der Waals surface area contributed by atoms with Crippen molar-refractivity contribution in [2.45, 2.75) is 72.6 Å². The zero-order valence-corrected chi connectivity index (χ0v) is 16.5. The van der Waals surface area contributed by atoms with Crippen LogP contribution in [-0.2, 0) is 4.74 Å². The molecule has 0 atom stereocenters. The van der Waals surface area contributed by atoms with E-state index in [1.54, 1.807) is 0 Å². The van der Waals surface area contributed by atoms with Crippen molar-refractivity contribution >= 4 is 24.7 Å². The summed E-state index contributed by atoms with van der Waals surface area (Å²) < 4.78 is 11.0. The van der Waals surface area contributed by atoms with Gasteiger partial charge in [-0.2, -0.15) is 0 Å². The molecule has 0 unspecified atom stereocenters. The number of ether oxygens (including phenoxy) is 1. The standard InChI is InChI=1S/3C4H9.C3H7NO2.Sn/c3*1-3-4-2;1-4-3(5)6-2;/h3*1,3-4H2,2H3;1-2H3,(H,4,5);/q;;;;+1/p-1. The van der Waals surface area contributed by atoms with Gasteiger partial charge in [-0.15, -0.1) is 0 Å². The number of amides is 1. The number of unbranched alkanes of at least 4 members (excludes halogenated alkanes) is 3. The van der Waals surface area contributed by atoms with Crippen LogP contribution in [-0.4, -0.2) is 42.0 Å². The maximum atomic E-state index is 12.0. The molecule has 1 amide bonds. The molecular formula is C15H33NO2Sn. The van der Waals surface area contributed by atoms with Crippen LogP contribution >= 0.6 is 0 Å². The summed E-state index contributed by atoms with van der Waals surface area (Å²) >= 11 is -2.55. The van der Waals surface area contributed by atoms with Crippen molar-refractivity contribution in [1.82, 2.24) is 3.12 Å². The summed E-state index contributed by atoms with van der Waals surface area (Å²) in [4.78, 5) is 12.0. The molecule has 0 fully saturated rings. The molecule has 0 N–H and O–H groups in total. The van der Waals surface area contributed by atoms with Gasteiger partial charge in [-0.1, -0.05) is 0 Å². The zero-order chi connectivity index (χ0) is 14.7. The first-order chi connectivity index (χ1) is 9.07. The number of hydrogen-bond acceptors (Lipinski definition) is 2. The van der Waals surface area contributed by atoms with Crippen molar-refractivity contribution in [2.24, 2.45) is 0 Å². The molecule has 0 rings (SSSR count). The van der Waals surface area contributed by atoms with Crippen LogP contribution in [0.5, 0.6) is 0 Å². The Labute approximate surface area is 124 Å². The summed E-state index contributed by atoms with van der Waals surface area (Å²) in [7, 11) is 3.51. The first kappa shape index (κ1) is 19.1. The van der Waals surface area contributed by atoms with Crippen LogP contribution in [0.1, 0.15) is 59.3 Å². The van der Waals surface area contributed by atoms with E-state index in [9.17, 15) is 4.79 Å². The molecule has 3 nitrogen and oxygen atoms in total. The Morgan fingerprint density at radius 1 is 0.947 bits per heavy atom. The van der Waals surface area contributed by atoms with Crippen molar-refractivity contribution in [1.29, 1.82) is 0 Å². The molecule has 0 aromatic carbocycles. The Morgan fingerprint density at radius 3 is 1.58 bits per heavy atom. The van der Waals surface area contributed by atoms with E-state index in [0.717, 1.165) is 0 Å². The van der Waals surface area contributed by atoms with Gasteiger partial charge in [0, 0.05) is 0 Å². The van der Waals surface area contributed by atoms with Gasteiger partial charge >= 0.3 is 124 Å². The first-order valence-corrected chi connectivity index (χ1v) is 15.2. The Balaban J connectivity index is 5.00. The molecule has 0 aliphatic heterocycles. The predicted octanol–water partition coefficient (Wildman–Crippen LogP) is 5.03. The molecule has 0 spiro atoms. The second-order valence-corrected chi connectivity index (χ2v) is 18.7. The summed E-state index contributed by atoms with van der Waals surface area (Å²) in [5, 5.41) is 0. The van der Waals surface area contributed by atoms with Gasteiger partial charge in [-0.25, -0.2) is 0 Å². The summed E-state index contributed by atoms with van der Waals surface area (Å²) in [6.07, 6.45) is 7.39. The number of methoxy groups -OCH3 is 1. The van der Waals surface area contributed by atoms with Crippen LogP contribution in [0, 0.1) is 0 Å². The van der Waals surface area contributed by atoms with E-state index in [4.69, 9.17) is 4.74 Å². The van der Waals surface area contributed by atoms with E-state index in [-0.39, 0.29) is 6.09 Å². The summed E-state index contributed by atoms with van der Waals surface area (Å²) in [6, 6.07) is 0. The van der Waals surface area contributed by atoms with Crippen LogP contribution in [0.2, 0.25) is 13.3 Å². The van der Waals surface area contributed by atoms with E-state index in [1.807, 2.05) is 7.05 Å². The van der Waals surface area contributed by atoms with Gasteiger partial charge in [0.1, 0.15) is 0 Å². The molecule has 0 aromatic heterocycles. The normalized spacial score (nSPS) is 11.4. The minimum absolute atomic E-state index is 0.0980. The molecule has 19 heavy (non-hydrogen) atoms. The van der Waals surface area contributed by atoms with Crippen LogP contribution in [0.15, 0.2) is 0 Å². The molecule has 4 heteroatoms. The van der Waals surface area contributed by atoms with Gasteiger partial charge in [0.15, 0.2) is 0 Å². The fourth-order valence-corrected chi connectivity index (χ4v) is 17.8. The van der Waals surface area contributed by atoms with Crippen molar-refractivity contribution in [3.05, 3.63) is 0 Å². The van der Waals surface area contributed by atoms with Gasteiger partial charge in [0.25, 0.3) is 0 Å². The van der Waals surface area contributed by atoms with Gasteiger partial charge in [0.05, 0.1) is 0 Å². The van der Waals surface area contributed by atoms with E-state index in [1.165, 1.54) is 58.9 Å². The van der Waals surface area contributed by atoms with Gasteiger partial charge < -0.3 is 0 Å². The third kappa shape index (κ3) is 6.37. The van der Waals surface area contributed by atoms with Gasteiger partial charge in [-0.3, -0.25) is 0 Å². The minimum atomic E-state index is -2.55. The molecule has 0 bridgehead atoms. The molecule has 0 aliphatic carbocycles. The summed E-state index contributed by atoms with van der Waals surface area (Å²) in [6.45, 7) is 6.73. The molecule has 0 radical (unpaired) electrons. The average Bonchev–Trinajstić information content (AvgIpc) is 2.45. The van der Waals surface area contributed by atoms with E-state index in [0.29, 0.717) is 0 Å². The van der Waals surface area contributed by atoms with Crippen LogP contribution in [0.4, 0.5) is 4.79 Å². The number of carbonyl (C=O) groups excluding carboxylic acids is 1. The summed E-state index contributed by atoms with van der Waals surface area (Å²) in [5.41, 5.74) is 0. The number of rotatable bonds is 10. The fraction of sp³-hybridized carbons (Fsp3) is 0.933. The van der Waals surface area contributed by atoms with Gasteiger partial charge in [-0.05, 0) is 0 Å². The second-order valence-electron chi connectivity index (χ2n) is 5.56. The number of hydrogen-bond donors (Lipinski definition) is 0. The van der Waals surface area contributed by atoms with Crippen molar-refractivity contribution in [2.75, 3.05) is 14.2 Å². The predicted molar refractivity (Wildman–Crippen MR) is 85.1 cm³/mol. The first-order valence-electron chi connectivity index (χ1n) is 7.89. The van der Waals surface area contributed by atoms with Gasteiger partial charge in [0.2, 0.25) is 0 Å². The maximum absolute atomic E-state index is 12.0. The van der Waals surface area contributed by atoms with Crippen LogP contribution in [0.3, 0.4) is 0 Å². The molecule has 0 saturated carbocycles. The molecule has 0 heterocycles. The van der Waals surface area contributed by atoms with Crippen LogP contribution in [0.25, 0.3) is 0 Å². The molecular weight excluding hydrogens is 345 g/mol. The molecule has 0 saturated heterocycles. The molecule has 0 aromatic rings. The van der Waals surface area contributed by atoms with Crippen molar-refractivity contribution in [3.63, 3.8) is 0 Å². The third-order valence-electron chi connectivity index (χ3n) is 4.15. The second kappa shape index (κ2) is 10.8. The topological polar surface area (TPSA) is 29.5 Å². The number of nitrogens with zero attached hydrogens (tertiary/aromatic N) is 1. The Hall–Kier alpha value is 0.0687. The van der Waals surface area contributed by atoms with E-state index in [2.05, 4.69) is 23.9 Å². The zero-order valence-electron chi connectivity index (χ0n) is 13.6. The summed E-state index contributed by atoms with van der Waals surface area (Å²) in [5.74, 6) is 0. The van der Waals surface area contributed by atoms with E-state index >= 15 is 0 Å². The van der Waals surface area contributed by atoms with Crippen molar-refractivity contribution < 1.29 is 9.53 Å².